The molecule has 0 amide bonds. The monoisotopic (exact) mass is 283 g/mol. The summed E-state index contributed by atoms with van der Waals surface area (Å²) >= 11 is 0. The van der Waals surface area contributed by atoms with E-state index in [1.807, 2.05) is 0 Å². The van der Waals surface area contributed by atoms with Crippen LogP contribution in [0, 0.1) is 16.7 Å². The molecule has 114 valence electrons. The van der Waals surface area contributed by atoms with E-state index in [9.17, 15) is 0 Å². The summed E-state index contributed by atoms with van der Waals surface area (Å²) in [6.45, 7) is 7.58. The van der Waals surface area contributed by atoms with Gasteiger partial charge in [-0.1, -0.05) is 45.0 Å². The molecule has 4 atom stereocenters. The summed E-state index contributed by atoms with van der Waals surface area (Å²) < 4.78 is 0. The maximum absolute atomic E-state index is 4.09. The summed E-state index contributed by atoms with van der Waals surface area (Å²) in [5, 5.41) is 4.09. The smallest absolute Gasteiger partial charge is 0.0132 e. The molecule has 0 aromatic heterocycles. The Morgan fingerprint density at radius 3 is 2.48 bits per heavy atom. The van der Waals surface area contributed by atoms with Crippen LogP contribution in [-0.4, -0.2) is 12.1 Å². The van der Waals surface area contributed by atoms with Gasteiger partial charge in [-0.3, -0.25) is 0 Å². The molecule has 3 aliphatic rings. The van der Waals surface area contributed by atoms with Crippen LogP contribution in [0.5, 0.6) is 0 Å². The Hall–Kier alpha value is -0.820. The molecule has 1 aromatic carbocycles. The molecular weight excluding hydrogens is 254 g/mol. The van der Waals surface area contributed by atoms with Gasteiger partial charge in [0.2, 0.25) is 0 Å². The van der Waals surface area contributed by atoms with Crippen molar-refractivity contribution in [3.05, 3.63) is 35.4 Å². The van der Waals surface area contributed by atoms with Crippen molar-refractivity contribution in [3.63, 3.8) is 0 Å². The maximum atomic E-state index is 4.09. The van der Waals surface area contributed by atoms with Gasteiger partial charge in [-0.15, -0.1) is 0 Å². The second-order valence-electron chi connectivity index (χ2n) is 8.54. The SMILES string of the molecule is CC1(C)C2CCC1(C)C(NC1CCc3ccccc3C1)C2. The van der Waals surface area contributed by atoms with Gasteiger partial charge in [0.15, 0.2) is 0 Å². The van der Waals surface area contributed by atoms with Crippen molar-refractivity contribution in [2.24, 2.45) is 16.7 Å². The fraction of sp³-hybridized carbons (Fsp3) is 0.700. The topological polar surface area (TPSA) is 12.0 Å². The van der Waals surface area contributed by atoms with Gasteiger partial charge in [-0.2, -0.15) is 0 Å². The third-order valence-electron chi connectivity index (χ3n) is 7.58. The number of hydrogen-bond acceptors (Lipinski definition) is 1. The van der Waals surface area contributed by atoms with Crippen LogP contribution in [0.2, 0.25) is 0 Å². The Bertz CT molecular complexity index is 547. The minimum absolute atomic E-state index is 0.509. The zero-order valence-corrected chi connectivity index (χ0v) is 13.8. The molecule has 2 fully saturated rings. The molecule has 0 heterocycles. The van der Waals surface area contributed by atoms with E-state index in [2.05, 4.69) is 50.4 Å². The summed E-state index contributed by atoms with van der Waals surface area (Å²) in [7, 11) is 0. The molecule has 3 aliphatic carbocycles. The fourth-order valence-corrected chi connectivity index (χ4v) is 5.58. The first kappa shape index (κ1) is 13.8. The van der Waals surface area contributed by atoms with Crippen molar-refractivity contribution in [1.29, 1.82) is 0 Å². The van der Waals surface area contributed by atoms with Crippen molar-refractivity contribution in [2.45, 2.75) is 71.4 Å². The zero-order chi connectivity index (χ0) is 14.7. The molecule has 0 saturated heterocycles. The number of aryl methyl sites for hydroxylation is 1. The highest BCUT2D eigenvalue weighted by Gasteiger charge is 2.61. The van der Waals surface area contributed by atoms with Crippen LogP contribution in [0.4, 0.5) is 0 Å². The molecule has 1 heteroatoms. The van der Waals surface area contributed by atoms with E-state index in [0.29, 0.717) is 16.9 Å². The second kappa shape index (κ2) is 4.59. The lowest BCUT2D eigenvalue weighted by molar-refractivity contribution is 0.114. The second-order valence-corrected chi connectivity index (χ2v) is 8.54. The lowest BCUT2D eigenvalue weighted by Gasteiger charge is -2.42. The van der Waals surface area contributed by atoms with Crippen molar-refractivity contribution in [3.8, 4) is 0 Å². The summed E-state index contributed by atoms with van der Waals surface area (Å²) in [5.41, 5.74) is 4.19. The van der Waals surface area contributed by atoms with Gasteiger partial charge in [0, 0.05) is 12.1 Å². The average Bonchev–Trinajstić information content (AvgIpc) is 2.80. The molecule has 1 aromatic rings. The lowest BCUT2D eigenvalue weighted by atomic mass is 9.69. The van der Waals surface area contributed by atoms with Gasteiger partial charge >= 0.3 is 0 Å². The van der Waals surface area contributed by atoms with Gasteiger partial charge in [0.1, 0.15) is 0 Å². The standard InChI is InChI=1S/C20H29N/c1-19(2)16-10-11-20(19,3)18(13-16)21-17-9-8-14-6-4-5-7-15(14)12-17/h4-7,16-18,21H,8-13H2,1-3H3. The molecule has 2 saturated carbocycles. The minimum Gasteiger partial charge on any atom is -0.310 e. The first-order valence-electron chi connectivity index (χ1n) is 8.83. The van der Waals surface area contributed by atoms with Crippen LogP contribution in [0.1, 0.15) is 57.6 Å². The Morgan fingerprint density at radius 2 is 1.81 bits per heavy atom. The van der Waals surface area contributed by atoms with Crippen LogP contribution >= 0.6 is 0 Å². The highest BCUT2D eigenvalue weighted by molar-refractivity contribution is 5.30. The predicted molar refractivity (Wildman–Crippen MR) is 88.4 cm³/mol. The van der Waals surface area contributed by atoms with Gasteiger partial charge < -0.3 is 5.32 Å². The average molecular weight is 283 g/mol. The highest BCUT2D eigenvalue weighted by atomic mass is 15.0. The van der Waals surface area contributed by atoms with Crippen LogP contribution < -0.4 is 5.32 Å². The zero-order valence-electron chi connectivity index (χ0n) is 13.8. The van der Waals surface area contributed by atoms with E-state index < -0.39 is 0 Å². The highest BCUT2D eigenvalue weighted by Crippen LogP contribution is 2.65. The number of fused-ring (bicyclic) bond motifs is 3. The quantitative estimate of drug-likeness (QED) is 0.851. The molecule has 2 bridgehead atoms. The normalized spacial score (nSPS) is 40.2. The molecule has 4 rings (SSSR count). The number of benzene rings is 1. The van der Waals surface area contributed by atoms with E-state index in [-0.39, 0.29) is 0 Å². The van der Waals surface area contributed by atoms with Crippen LogP contribution in [-0.2, 0) is 12.8 Å². The maximum Gasteiger partial charge on any atom is 0.0132 e. The molecular formula is C20H29N. The van der Waals surface area contributed by atoms with Gasteiger partial charge in [0.25, 0.3) is 0 Å². The summed E-state index contributed by atoms with van der Waals surface area (Å²) in [5.74, 6) is 0.941. The first-order valence-corrected chi connectivity index (χ1v) is 8.83. The van der Waals surface area contributed by atoms with E-state index in [0.717, 1.165) is 12.0 Å². The largest absolute Gasteiger partial charge is 0.310 e. The van der Waals surface area contributed by atoms with Crippen molar-refractivity contribution in [2.75, 3.05) is 0 Å². The lowest BCUT2D eigenvalue weighted by Crippen LogP contribution is -2.50. The van der Waals surface area contributed by atoms with Crippen LogP contribution in [0.15, 0.2) is 24.3 Å². The van der Waals surface area contributed by atoms with E-state index in [4.69, 9.17) is 0 Å². The number of nitrogens with one attached hydrogen (secondary N) is 1. The molecule has 0 spiro atoms. The van der Waals surface area contributed by atoms with Crippen molar-refractivity contribution >= 4 is 0 Å². The van der Waals surface area contributed by atoms with Crippen molar-refractivity contribution in [1.82, 2.24) is 5.32 Å². The third-order valence-corrected chi connectivity index (χ3v) is 7.58. The van der Waals surface area contributed by atoms with Crippen LogP contribution in [0.25, 0.3) is 0 Å². The van der Waals surface area contributed by atoms with E-state index in [1.165, 1.54) is 38.5 Å². The Kier molecular flexibility index (Phi) is 3.02. The van der Waals surface area contributed by atoms with Gasteiger partial charge in [-0.05, 0) is 66.4 Å². The van der Waals surface area contributed by atoms with E-state index in [1.54, 1.807) is 11.1 Å². The Balaban J connectivity index is 1.49. The fourth-order valence-electron chi connectivity index (χ4n) is 5.58. The number of hydrogen-bond donors (Lipinski definition) is 1. The molecule has 1 N–H and O–H groups in total. The third kappa shape index (κ3) is 1.93. The minimum atomic E-state index is 0.509. The summed E-state index contributed by atoms with van der Waals surface area (Å²) in [6, 6.07) is 10.5. The molecule has 21 heavy (non-hydrogen) atoms. The first-order chi connectivity index (χ1) is 10.0. The molecule has 0 radical (unpaired) electrons. The Morgan fingerprint density at radius 1 is 1.05 bits per heavy atom. The number of rotatable bonds is 2. The molecule has 4 unspecified atom stereocenters. The molecule has 0 aliphatic heterocycles. The van der Waals surface area contributed by atoms with Crippen LogP contribution in [0.3, 0.4) is 0 Å². The van der Waals surface area contributed by atoms with E-state index >= 15 is 0 Å². The summed E-state index contributed by atoms with van der Waals surface area (Å²) in [4.78, 5) is 0. The summed E-state index contributed by atoms with van der Waals surface area (Å²) in [6.07, 6.45) is 8.08. The van der Waals surface area contributed by atoms with Crippen molar-refractivity contribution < 1.29 is 0 Å². The van der Waals surface area contributed by atoms with Gasteiger partial charge in [-0.25, -0.2) is 0 Å². The predicted octanol–water partition coefficient (Wildman–Crippen LogP) is 4.35. The Labute approximate surface area is 129 Å². The molecule has 1 nitrogen and oxygen atoms in total. The van der Waals surface area contributed by atoms with Gasteiger partial charge in [0.05, 0.1) is 0 Å².